The van der Waals surface area contributed by atoms with Crippen LogP contribution in [0.15, 0.2) is 0 Å². The smallest absolute Gasteiger partial charge is 0.0100 e. The first-order valence-electron chi connectivity index (χ1n) is 10.1. The van der Waals surface area contributed by atoms with E-state index in [-0.39, 0.29) is 15.8 Å². The van der Waals surface area contributed by atoms with Crippen molar-refractivity contribution in [1.29, 1.82) is 0 Å². The molecule has 0 bridgehead atoms. The van der Waals surface area contributed by atoms with Crippen LogP contribution in [-0.2, 0) is 0 Å². The molecule has 0 aliphatic heterocycles. The highest BCUT2D eigenvalue weighted by Gasteiger charge is 2.28. The van der Waals surface area contributed by atoms with E-state index >= 15 is 0 Å². The molecule has 0 radical (unpaired) electrons. The molecule has 3 heteroatoms. The zero-order valence-electron chi connectivity index (χ0n) is 18.4. The van der Waals surface area contributed by atoms with Crippen molar-refractivity contribution < 1.29 is 0 Å². The summed E-state index contributed by atoms with van der Waals surface area (Å²) >= 11 is 2.09. The number of hydrogen-bond donors (Lipinski definition) is 0. The SMILES string of the molecule is Cc1sc(C)c(P(CC(C)C)CC(C)C)c1P(CC(C)C)CC(C)C. The van der Waals surface area contributed by atoms with Gasteiger partial charge in [-0.3, -0.25) is 0 Å². The summed E-state index contributed by atoms with van der Waals surface area (Å²) in [4.78, 5) is 3.28. The molecule has 1 aromatic heterocycles. The second-order valence-electron chi connectivity index (χ2n) is 9.30. The lowest BCUT2D eigenvalue weighted by Crippen LogP contribution is -2.28. The molecule has 0 unspecified atom stereocenters. The maximum absolute atomic E-state index is 2.41. The van der Waals surface area contributed by atoms with E-state index in [1.54, 1.807) is 9.75 Å². The third-order valence-electron chi connectivity index (χ3n) is 4.17. The molecule has 0 aromatic carbocycles. The molecule has 1 rings (SSSR count). The van der Waals surface area contributed by atoms with Gasteiger partial charge in [-0.15, -0.1) is 11.3 Å². The van der Waals surface area contributed by atoms with Crippen LogP contribution in [0.5, 0.6) is 0 Å². The zero-order valence-corrected chi connectivity index (χ0v) is 21.0. The van der Waals surface area contributed by atoms with Crippen LogP contribution in [0.2, 0.25) is 0 Å². The van der Waals surface area contributed by atoms with Gasteiger partial charge < -0.3 is 0 Å². The normalized spacial score (nSPS) is 12.8. The molecular formula is C22H42P2S. The number of thiophene rings is 1. The van der Waals surface area contributed by atoms with Crippen LogP contribution in [-0.4, -0.2) is 24.6 Å². The van der Waals surface area contributed by atoms with Crippen LogP contribution in [0.1, 0.15) is 65.1 Å². The maximum Gasteiger partial charge on any atom is 0.0100 e. The third-order valence-corrected chi connectivity index (χ3v) is 12.7. The Balaban J connectivity index is 3.37. The van der Waals surface area contributed by atoms with Crippen LogP contribution in [0, 0.1) is 37.5 Å². The molecule has 0 atom stereocenters. The summed E-state index contributed by atoms with van der Waals surface area (Å²) in [6.45, 7) is 24.1. The van der Waals surface area contributed by atoms with Crippen LogP contribution in [0.3, 0.4) is 0 Å². The summed E-state index contributed by atoms with van der Waals surface area (Å²) in [5, 5.41) is 3.68. The second-order valence-corrected chi connectivity index (χ2v) is 15.2. The van der Waals surface area contributed by atoms with Crippen molar-refractivity contribution >= 4 is 37.8 Å². The monoisotopic (exact) mass is 400 g/mol. The fourth-order valence-electron chi connectivity index (χ4n) is 3.68. The van der Waals surface area contributed by atoms with Crippen molar-refractivity contribution in [1.82, 2.24) is 0 Å². The van der Waals surface area contributed by atoms with E-state index < -0.39 is 0 Å². The molecule has 0 aliphatic rings. The fraction of sp³-hybridized carbons (Fsp3) is 0.818. The quantitative estimate of drug-likeness (QED) is 0.364. The highest BCUT2D eigenvalue weighted by atomic mass is 32.1. The minimum atomic E-state index is -0.0113. The van der Waals surface area contributed by atoms with Gasteiger partial charge in [0.2, 0.25) is 0 Å². The fourth-order valence-corrected chi connectivity index (χ4v) is 13.0. The Labute approximate surface area is 165 Å². The largest absolute Gasteiger partial charge is 0.145 e. The van der Waals surface area contributed by atoms with E-state index in [9.17, 15) is 0 Å². The lowest BCUT2D eigenvalue weighted by atomic mass is 10.3. The van der Waals surface area contributed by atoms with Crippen LogP contribution < -0.4 is 10.6 Å². The van der Waals surface area contributed by atoms with Gasteiger partial charge in [-0.25, -0.2) is 0 Å². The van der Waals surface area contributed by atoms with Crippen molar-refractivity contribution in [3.8, 4) is 0 Å². The van der Waals surface area contributed by atoms with Gasteiger partial charge >= 0.3 is 0 Å². The Hall–Kier alpha value is 0.560. The van der Waals surface area contributed by atoms with Crippen molar-refractivity contribution in [2.75, 3.05) is 24.6 Å². The number of rotatable bonds is 10. The first-order valence-corrected chi connectivity index (χ1v) is 14.4. The van der Waals surface area contributed by atoms with Gasteiger partial charge in [-0.2, -0.15) is 0 Å². The Bertz CT molecular complexity index is 450. The molecule has 0 saturated heterocycles. The molecule has 25 heavy (non-hydrogen) atoms. The highest BCUT2D eigenvalue weighted by molar-refractivity contribution is 7.73. The lowest BCUT2D eigenvalue weighted by molar-refractivity contribution is 0.720. The summed E-state index contributed by atoms with van der Waals surface area (Å²) in [6.07, 6.45) is 5.63. The van der Waals surface area contributed by atoms with Gasteiger partial charge in [-0.05, 0) is 72.8 Å². The molecule has 1 aromatic rings. The van der Waals surface area contributed by atoms with Crippen LogP contribution in [0.25, 0.3) is 0 Å². The van der Waals surface area contributed by atoms with Crippen molar-refractivity contribution in [2.24, 2.45) is 23.7 Å². The van der Waals surface area contributed by atoms with E-state index in [0.717, 1.165) is 23.7 Å². The molecule has 0 saturated carbocycles. The van der Waals surface area contributed by atoms with E-state index in [1.807, 2.05) is 10.6 Å². The minimum Gasteiger partial charge on any atom is -0.145 e. The summed E-state index contributed by atoms with van der Waals surface area (Å²) in [5.74, 6) is 3.22. The maximum atomic E-state index is 2.41. The van der Waals surface area contributed by atoms with Gasteiger partial charge in [-0.1, -0.05) is 71.2 Å². The first kappa shape index (κ1) is 23.6. The predicted octanol–water partition coefficient (Wildman–Crippen LogP) is 7.20. The van der Waals surface area contributed by atoms with Gasteiger partial charge in [0, 0.05) is 9.75 Å². The average Bonchev–Trinajstić information content (AvgIpc) is 2.69. The van der Waals surface area contributed by atoms with Gasteiger partial charge in [0.25, 0.3) is 0 Å². The molecule has 0 spiro atoms. The van der Waals surface area contributed by atoms with Crippen molar-refractivity contribution in [3.05, 3.63) is 9.75 Å². The minimum absolute atomic E-state index is 0.0113. The number of aryl methyl sites for hydroxylation is 2. The molecule has 0 N–H and O–H groups in total. The van der Waals surface area contributed by atoms with E-state index in [2.05, 4.69) is 80.6 Å². The lowest BCUT2D eigenvalue weighted by Gasteiger charge is -2.29. The summed E-state index contributed by atoms with van der Waals surface area (Å²) in [6, 6.07) is 0. The molecule has 1 heterocycles. The van der Waals surface area contributed by atoms with Gasteiger partial charge in [0.1, 0.15) is 0 Å². The van der Waals surface area contributed by atoms with E-state index in [4.69, 9.17) is 0 Å². The summed E-state index contributed by atoms with van der Waals surface area (Å²) < 4.78 is 0. The molecule has 0 amide bonds. The van der Waals surface area contributed by atoms with Crippen LogP contribution >= 0.6 is 27.2 Å². The van der Waals surface area contributed by atoms with Gasteiger partial charge in [0.05, 0.1) is 0 Å². The average molecular weight is 401 g/mol. The third kappa shape index (κ3) is 7.60. The molecule has 0 fully saturated rings. The zero-order chi connectivity index (χ0) is 19.3. The molecular weight excluding hydrogens is 358 g/mol. The summed E-state index contributed by atoms with van der Waals surface area (Å²) in [5.41, 5.74) is 0. The Morgan fingerprint density at radius 2 is 0.800 bits per heavy atom. The molecule has 146 valence electrons. The summed E-state index contributed by atoms with van der Waals surface area (Å²) in [7, 11) is -0.0226. The Morgan fingerprint density at radius 1 is 0.560 bits per heavy atom. The predicted molar refractivity (Wildman–Crippen MR) is 126 cm³/mol. The Morgan fingerprint density at radius 3 is 1.00 bits per heavy atom. The topological polar surface area (TPSA) is 0 Å². The van der Waals surface area contributed by atoms with E-state index in [0.29, 0.717) is 0 Å². The van der Waals surface area contributed by atoms with Crippen LogP contribution in [0.4, 0.5) is 0 Å². The number of hydrogen-bond acceptors (Lipinski definition) is 1. The van der Waals surface area contributed by atoms with E-state index in [1.165, 1.54) is 24.6 Å². The first-order chi connectivity index (χ1) is 11.5. The molecule has 0 aliphatic carbocycles. The second kappa shape index (κ2) is 10.8. The standard InChI is InChI=1S/C22H42P2S/c1-15(2)11-23(12-16(3)4)21-19(9)25-20(10)22(21)24(13-17(5)6)14-18(7)8/h15-18H,11-14H2,1-10H3. The van der Waals surface area contributed by atoms with Gasteiger partial charge in [0.15, 0.2) is 0 Å². The van der Waals surface area contributed by atoms with Crippen molar-refractivity contribution in [3.63, 3.8) is 0 Å². The Kier molecular flexibility index (Phi) is 10.2. The highest BCUT2D eigenvalue weighted by Crippen LogP contribution is 2.47. The van der Waals surface area contributed by atoms with Crippen molar-refractivity contribution in [2.45, 2.75) is 69.2 Å². The molecule has 0 nitrogen and oxygen atoms in total.